The third-order valence-corrected chi connectivity index (χ3v) is 2.87. The maximum absolute atomic E-state index is 10.6. The minimum absolute atomic E-state index is 0.116. The number of hydrogen-bond donors (Lipinski definition) is 1. The molecule has 88 valence electrons. The van der Waals surface area contributed by atoms with Gasteiger partial charge in [-0.1, -0.05) is 28.1 Å². The summed E-state index contributed by atoms with van der Waals surface area (Å²) in [5.41, 5.74) is 2.80. The highest BCUT2D eigenvalue weighted by Crippen LogP contribution is 2.25. The van der Waals surface area contributed by atoms with Crippen molar-refractivity contribution < 1.29 is 9.90 Å². The van der Waals surface area contributed by atoms with E-state index in [-0.39, 0.29) is 6.54 Å². The molecular formula is C12H11BrN2O2. The molecule has 17 heavy (non-hydrogen) atoms. The molecule has 1 heterocycles. The van der Waals surface area contributed by atoms with Crippen LogP contribution in [0.25, 0.3) is 11.1 Å². The quantitative estimate of drug-likeness (QED) is 0.947. The van der Waals surface area contributed by atoms with Gasteiger partial charge in [-0.15, -0.1) is 0 Å². The first-order chi connectivity index (χ1) is 8.06. The van der Waals surface area contributed by atoms with Gasteiger partial charge in [0.15, 0.2) is 0 Å². The number of halogens is 1. The Labute approximate surface area is 107 Å². The second kappa shape index (κ2) is 4.71. The van der Waals surface area contributed by atoms with Gasteiger partial charge in [0.2, 0.25) is 0 Å². The smallest absolute Gasteiger partial charge is 0.325 e. The number of rotatable bonds is 3. The molecule has 0 bridgehead atoms. The molecule has 4 nitrogen and oxygen atoms in total. The van der Waals surface area contributed by atoms with Crippen LogP contribution in [0.2, 0.25) is 0 Å². The largest absolute Gasteiger partial charge is 0.480 e. The number of aryl methyl sites for hydroxylation is 1. The molecule has 0 unspecified atom stereocenters. The van der Waals surface area contributed by atoms with E-state index in [4.69, 9.17) is 5.11 Å². The van der Waals surface area contributed by atoms with Gasteiger partial charge in [0.1, 0.15) is 6.54 Å². The molecule has 0 saturated carbocycles. The molecule has 1 aromatic heterocycles. The number of carboxylic acids is 1. The topological polar surface area (TPSA) is 55.1 Å². The molecule has 5 heteroatoms. The Kier molecular flexibility index (Phi) is 3.28. The number of carbonyl (C=O) groups is 1. The monoisotopic (exact) mass is 294 g/mol. The molecule has 0 amide bonds. The average Bonchev–Trinajstić information content (AvgIpc) is 2.58. The van der Waals surface area contributed by atoms with Crippen LogP contribution in [0.5, 0.6) is 0 Å². The SMILES string of the molecule is Cc1nn(CC(=O)O)cc1-c1cccc(Br)c1. The van der Waals surface area contributed by atoms with E-state index in [1.165, 1.54) is 4.68 Å². The molecule has 0 spiro atoms. The summed E-state index contributed by atoms with van der Waals surface area (Å²) in [6, 6.07) is 7.84. The zero-order valence-corrected chi connectivity index (χ0v) is 10.8. The summed E-state index contributed by atoms with van der Waals surface area (Å²) in [7, 11) is 0. The van der Waals surface area contributed by atoms with Gasteiger partial charge < -0.3 is 5.11 Å². The van der Waals surface area contributed by atoms with E-state index in [0.717, 1.165) is 21.3 Å². The minimum atomic E-state index is -0.895. The molecule has 0 saturated heterocycles. The maximum atomic E-state index is 10.6. The lowest BCUT2D eigenvalue weighted by Crippen LogP contribution is -2.08. The third-order valence-electron chi connectivity index (χ3n) is 2.38. The van der Waals surface area contributed by atoms with Crippen LogP contribution >= 0.6 is 15.9 Å². The molecular weight excluding hydrogens is 284 g/mol. The van der Waals surface area contributed by atoms with Crippen LogP contribution in [0.15, 0.2) is 34.9 Å². The van der Waals surface area contributed by atoms with Crippen molar-refractivity contribution in [1.29, 1.82) is 0 Å². The van der Waals surface area contributed by atoms with Crippen molar-refractivity contribution in [1.82, 2.24) is 9.78 Å². The highest BCUT2D eigenvalue weighted by atomic mass is 79.9. The lowest BCUT2D eigenvalue weighted by atomic mass is 10.1. The third kappa shape index (κ3) is 2.74. The molecule has 0 aliphatic heterocycles. The van der Waals surface area contributed by atoms with Crippen molar-refractivity contribution in [3.63, 3.8) is 0 Å². The van der Waals surface area contributed by atoms with E-state index >= 15 is 0 Å². The predicted molar refractivity (Wildman–Crippen MR) is 67.7 cm³/mol. The molecule has 0 aliphatic rings. The normalized spacial score (nSPS) is 10.5. The van der Waals surface area contributed by atoms with Crippen molar-refractivity contribution >= 4 is 21.9 Å². The van der Waals surface area contributed by atoms with Gasteiger partial charge in [0, 0.05) is 16.2 Å². The summed E-state index contributed by atoms with van der Waals surface area (Å²) in [5, 5.41) is 12.9. The summed E-state index contributed by atoms with van der Waals surface area (Å²) in [6.45, 7) is 1.75. The van der Waals surface area contributed by atoms with E-state index in [2.05, 4.69) is 21.0 Å². The molecule has 2 rings (SSSR count). The van der Waals surface area contributed by atoms with Crippen molar-refractivity contribution in [3.8, 4) is 11.1 Å². The lowest BCUT2D eigenvalue weighted by Gasteiger charge is -1.99. The van der Waals surface area contributed by atoms with Gasteiger partial charge >= 0.3 is 5.97 Å². The van der Waals surface area contributed by atoms with E-state index < -0.39 is 5.97 Å². The number of hydrogen-bond acceptors (Lipinski definition) is 2. The van der Waals surface area contributed by atoms with Crippen LogP contribution in [0.3, 0.4) is 0 Å². The molecule has 1 N–H and O–H groups in total. The Hall–Kier alpha value is -1.62. The van der Waals surface area contributed by atoms with Crippen molar-refractivity contribution in [3.05, 3.63) is 40.6 Å². The minimum Gasteiger partial charge on any atom is -0.480 e. The molecule has 0 fully saturated rings. The van der Waals surface area contributed by atoms with E-state index in [0.29, 0.717) is 0 Å². The lowest BCUT2D eigenvalue weighted by molar-refractivity contribution is -0.137. The number of benzene rings is 1. The highest BCUT2D eigenvalue weighted by Gasteiger charge is 2.09. The Morgan fingerprint density at radius 2 is 2.29 bits per heavy atom. The summed E-state index contributed by atoms with van der Waals surface area (Å²) >= 11 is 3.41. The van der Waals surface area contributed by atoms with Gasteiger partial charge in [-0.25, -0.2) is 0 Å². The molecule has 0 aliphatic carbocycles. The predicted octanol–water partition coefficient (Wildman–Crippen LogP) is 2.71. The van der Waals surface area contributed by atoms with E-state index in [1.807, 2.05) is 31.2 Å². The zero-order chi connectivity index (χ0) is 12.4. The summed E-state index contributed by atoms with van der Waals surface area (Å²) < 4.78 is 2.42. The standard InChI is InChI=1S/C12H11BrN2O2/c1-8-11(6-15(14-8)7-12(16)17)9-3-2-4-10(13)5-9/h2-6H,7H2,1H3,(H,16,17). The van der Waals surface area contributed by atoms with Crippen LogP contribution in [0.4, 0.5) is 0 Å². The van der Waals surface area contributed by atoms with E-state index in [9.17, 15) is 4.79 Å². The van der Waals surface area contributed by atoms with Gasteiger partial charge in [-0.2, -0.15) is 5.10 Å². The first-order valence-corrected chi connectivity index (χ1v) is 5.87. The number of aliphatic carboxylic acids is 1. The maximum Gasteiger partial charge on any atom is 0.325 e. The van der Waals surface area contributed by atoms with Crippen molar-refractivity contribution in [2.75, 3.05) is 0 Å². The Bertz CT molecular complexity index is 563. The van der Waals surface area contributed by atoms with Gasteiger partial charge in [0.25, 0.3) is 0 Å². The van der Waals surface area contributed by atoms with Crippen molar-refractivity contribution in [2.45, 2.75) is 13.5 Å². The number of nitrogens with zero attached hydrogens (tertiary/aromatic N) is 2. The number of aromatic nitrogens is 2. The Morgan fingerprint density at radius 3 is 2.94 bits per heavy atom. The number of carboxylic acid groups (broad SMARTS) is 1. The molecule has 2 aromatic rings. The Balaban J connectivity index is 2.39. The van der Waals surface area contributed by atoms with Crippen LogP contribution in [0, 0.1) is 6.92 Å². The Morgan fingerprint density at radius 1 is 1.53 bits per heavy atom. The van der Waals surface area contributed by atoms with Gasteiger partial charge in [-0.3, -0.25) is 9.48 Å². The molecule has 0 atom stereocenters. The van der Waals surface area contributed by atoms with Crippen molar-refractivity contribution in [2.24, 2.45) is 0 Å². The first-order valence-electron chi connectivity index (χ1n) is 5.08. The fourth-order valence-electron chi connectivity index (χ4n) is 1.68. The van der Waals surface area contributed by atoms with Gasteiger partial charge in [0.05, 0.1) is 5.69 Å². The molecule has 0 radical (unpaired) electrons. The second-order valence-electron chi connectivity index (χ2n) is 3.73. The van der Waals surface area contributed by atoms with Crippen LogP contribution in [0.1, 0.15) is 5.69 Å². The van der Waals surface area contributed by atoms with E-state index in [1.54, 1.807) is 6.20 Å². The van der Waals surface area contributed by atoms with Crippen LogP contribution in [-0.2, 0) is 11.3 Å². The fraction of sp³-hybridized carbons (Fsp3) is 0.167. The highest BCUT2D eigenvalue weighted by molar-refractivity contribution is 9.10. The second-order valence-corrected chi connectivity index (χ2v) is 4.65. The van der Waals surface area contributed by atoms with Crippen LogP contribution < -0.4 is 0 Å². The zero-order valence-electron chi connectivity index (χ0n) is 9.22. The fourth-order valence-corrected chi connectivity index (χ4v) is 2.08. The summed E-state index contributed by atoms with van der Waals surface area (Å²) in [4.78, 5) is 10.6. The van der Waals surface area contributed by atoms with Crippen LogP contribution in [-0.4, -0.2) is 20.9 Å². The summed E-state index contributed by atoms with van der Waals surface area (Å²) in [6.07, 6.45) is 1.76. The summed E-state index contributed by atoms with van der Waals surface area (Å²) in [5.74, 6) is -0.895. The van der Waals surface area contributed by atoms with Gasteiger partial charge in [-0.05, 0) is 24.6 Å². The first kappa shape index (κ1) is 11.9. The average molecular weight is 295 g/mol. The molecule has 1 aromatic carbocycles.